The van der Waals surface area contributed by atoms with E-state index in [1.165, 1.54) is 51.4 Å². The minimum atomic E-state index is 0.714. The topological polar surface area (TPSA) is 12.0 Å². The summed E-state index contributed by atoms with van der Waals surface area (Å²) >= 11 is 0. The maximum Gasteiger partial charge on any atom is 0.00696 e. The Morgan fingerprint density at radius 3 is 2.47 bits per heavy atom. The lowest BCUT2D eigenvalue weighted by Crippen LogP contribution is -2.27. The van der Waals surface area contributed by atoms with E-state index in [0.29, 0.717) is 6.04 Å². The van der Waals surface area contributed by atoms with Crippen molar-refractivity contribution in [3.63, 3.8) is 0 Å². The number of rotatable bonds is 6. The van der Waals surface area contributed by atoms with Crippen LogP contribution in [0.1, 0.15) is 57.8 Å². The summed E-state index contributed by atoms with van der Waals surface area (Å²) < 4.78 is 0. The van der Waals surface area contributed by atoms with Crippen LogP contribution in [0.2, 0.25) is 0 Å². The Morgan fingerprint density at radius 2 is 1.93 bits per heavy atom. The van der Waals surface area contributed by atoms with Gasteiger partial charge < -0.3 is 5.32 Å². The van der Waals surface area contributed by atoms with E-state index in [0.717, 1.165) is 12.3 Å². The molecule has 0 aromatic rings. The molecule has 1 heteroatoms. The number of nitrogens with one attached hydrogen (secondary N) is 1. The van der Waals surface area contributed by atoms with Gasteiger partial charge in [0, 0.05) is 6.04 Å². The number of hydrogen-bond donors (Lipinski definition) is 1. The lowest BCUT2D eigenvalue weighted by Gasteiger charge is -2.21. The summed E-state index contributed by atoms with van der Waals surface area (Å²) in [5.74, 6) is 0.981. The normalized spacial score (nSPS) is 20.9. The van der Waals surface area contributed by atoms with E-state index in [1.807, 2.05) is 6.08 Å². The monoisotopic (exact) mass is 209 g/mol. The SMILES string of the molecule is C=CCCC(CC1CCCCCC1)NC. The molecule has 15 heavy (non-hydrogen) atoms. The summed E-state index contributed by atoms with van der Waals surface area (Å²) in [6.45, 7) is 3.80. The number of allylic oxidation sites excluding steroid dienone is 1. The summed E-state index contributed by atoms with van der Waals surface area (Å²) in [4.78, 5) is 0. The van der Waals surface area contributed by atoms with Gasteiger partial charge in [-0.1, -0.05) is 44.6 Å². The van der Waals surface area contributed by atoms with Gasteiger partial charge in [0.2, 0.25) is 0 Å². The molecule has 1 aliphatic rings. The van der Waals surface area contributed by atoms with Crippen LogP contribution in [0.25, 0.3) is 0 Å². The third-order valence-corrected chi connectivity index (χ3v) is 3.72. The highest BCUT2D eigenvalue weighted by Gasteiger charge is 2.16. The highest BCUT2D eigenvalue weighted by Crippen LogP contribution is 2.27. The molecule has 1 atom stereocenters. The van der Waals surface area contributed by atoms with Crippen molar-refractivity contribution in [1.29, 1.82) is 0 Å². The van der Waals surface area contributed by atoms with Crippen molar-refractivity contribution in [3.8, 4) is 0 Å². The third-order valence-electron chi connectivity index (χ3n) is 3.72. The van der Waals surface area contributed by atoms with Crippen molar-refractivity contribution < 1.29 is 0 Å². The van der Waals surface area contributed by atoms with Crippen molar-refractivity contribution in [2.75, 3.05) is 7.05 Å². The molecule has 88 valence electrons. The van der Waals surface area contributed by atoms with E-state index >= 15 is 0 Å². The van der Waals surface area contributed by atoms with Gasteiger partial charge in [-0.3, -0.25) is 0 Å². The van der Waals surface area contributed by atoms with Crippen molar-refractivity contribution in [3.05, 3.63) is 12.7 Å². The van der Waals surface area contributed by atoms with Crippen LogP contribution in [0.5, 0.6) is 0 Å². The predicted molar refractivity (Wildman–Crippen MR) is 68.1 cm³/mol. The fraction of sp³-hybridized carbons (Fsp3) is 0.857. The molecule has 1 aliphatic carbocycles. The maximum absolute atomic E-state index is 3.80. The molecular weight excluding hydrogens is 182 g/mol. The number of hydrogen-bond acceptors (Lipinski definition) is 1. The van der Waals surface area contributed by atoms with E-state index in [2.05, 4.69) is 18.9 Å². The Labute approximate surface area is 95.3 Å². The predicted octanol–water partition coefficient (Wildman–Crippen LogP) is 3.90. The summed E-state index contributed by atoms with van der Waals surface area (Å²) in [5.41, 5.74) is 0. The van der Waals surface area contributed by atoms with Crippen molar-refractivity contribution >= 4 is 0 Å². The van der Waals surface area contributed by atoms with Gasteiger partial charge in [-0.25, -0.2) is 0 Å². The first-order valence-corrected chi connectivity index (χ1v) is 6.65. The molecule has 0 bridgehead atoms. The molecule has 0 saturated heterocycles. The van der Waals surface area contributed by atoms with Crippen LogP contribution in [0.15, 0.2) is 12.7 Å². The molecule has 0 radical (unpaired) electrons. The van der Waals surface area contributed by atoms with Gasteiger partial charge in [-0.15, -0.1) is 6.58 Å². The molecule has 0 aromatic carbocycles. The van der Waals surface area contributed by atoms with Crippen LogP contribution >= 0.6 is 0 Å². The van der Waals surface area contributed by atoms with E-state index in [9.17, 15) is 0 Å². The lowest BCUT2D eigenvalue weighted by atomic mass is 9.91. The lowest BCUT2D eigenvalue weighted by molar-refractivity contribution is 0.352. The Bertz CT molecular complexity index is 157. The first kappa shape index (κ1) is 12.8. The summed E-state index contributed by atoms with van der Waals surface area (Å²) in [6, 6.07) is 0.714. The van der Waals surface area contributed by atoms with Gasteiger partial charge in [0.05, 0.1) is 0 Å². The molecule has 1 saturated carbocycles. The van der Waals surface area contributed by atoms with Gasteiger partial charge in [-0.05, 0) is 32.2 Å². The average molecular weight is 209 g/mol. The van der Waals surface area contributed by atoms with E-state index in [4.69, 9.17) is 0 Å². The van der Waals surface area contributed by atoms with Crippen molar-refractivity contribution in [2.24, 2.45) is 5.92 Å². The molecule has 0 spiro atoms. The standard InChI is InChI=1S/C14H27N/c1-3-4-11-14(15-2)12-13-9-7-5-6-8-10-13/h3,13-15H,1,4-12H2,2H3. The molecule has 0 aromatic heterocycles. The third kappa shape index (κ3) is 5.36. The van der Waals surface area contributed by atoms with Gasteiger partial charge in [0.15, 0.2) is 0 Å². The van der Waals surface area contributed by atoms with Gasteiger partial charge in [0.25, 0.3) is 0 Å². The largest absolute Gasteiger partial charge is 0.317 e. The molecule has 1 nitrogen and oxygen atoms in total. The van der Waals surface area contributed by atoms with Crippen LogP contribution in [-0.4, -0.2) is 13.1 Å². The first-order chi connectivity index (χ1) is 7.36. The summed E-state index contributed by atoms with van der Waals surface area (Å²) in [7, 11) is 2.10. The molecule has 1 rings (SSSR count). The second kappa shape index (κ2) is 7.92. The van der Waals surface area contributed by atoms with Crippen LogP contribution in [-0.2, 0) is 0 Å². The minimum absolute atomic E-state index is 0.714. The second-order valence-electron chi connectivity index (χ2n) is 4.94. The molecule has 0 aliphatic heterocycles. The fourth-order valence-corrected chi connectivity index (χ4v) is 2.70. The Balaban J connectivity index is 2.25. The van der Waals surface area contributed by atoms with Gasteiger partial charge >= 0.3 is 0 Å². The van der Waals surface area contributed by atoms with E-state index in [1.54, 1.807) is 0 Å². The molecule has 0 amide bonds. The highest BCUT2D eigenvalue weighted by molar-refractivity contribution is 4.76. The minimum Gasteiger partial charge on any atom is -0.317 e. The van der Waals surface area contributed by atoms with Crippen LogP contribution in [0.4, 0.5) is 0 Å². The molecule has 1 unspecified atom stereocenters. The van der Waals surface area contributed by atoms with Gasteiger partial charge in [0.1, 0.15) is 0 Å². The first-order valence-electron chi connectivity index (χ1n) is 6.65. The summed E-state index contributed by atoms with van der Waals surface area (Å²) in [6.07, 6.45) is 14.6. The zero-order valence-corrected chi connectivity index (χ0v) is 10.3. The molecule has 1 N–H and O–H groups in total. The van der Waals surface area contributed by atoms with Crippen molar-refractivity contribution in [2.45, 2.75) is 63.8 Å². The fourth-order valence-electron chi connectivity index (χ4n) is 2.70. The van der Waals surface area contributed by atoms with Gasteiger partial charge in [-0.2, -0.15) is 0 Å². The highest BCUT2D eigenvalue weighted by atomic mass is 14.9. The van der Waals surface area contributed by atoms with Crippen LogP contribution < -0.4 is 5.32 Å². The Kier molecular flexibility index (Phi) is 6.74. The Hall–Kier alpha value is -0.300. The molecule has 0 heterocycles. The van der Waals surface area contributed by atoms with E-state index < -0.39 is 0 Å². The maximum atomic E-state index is 3.80. The van der Waals surface area contributed by atoms with Crippen LogP contribution in [0.3, 0.4) is 0 Å². The molecule has 1 fully saturated rings. The smallest absolute Gasteiger partial charge is 0.00696 e. The summed E-state index contributed by atoms with van der Waals surface area (Å²) in [5, 5.41) is 3.46. The molecular formula is C14H27N. The van der Waals surface area contributed by atoms with Crippen molar-refractivity contribution in [1.82, 2.24) is 5.32 Å². The quantitative estimate of drug-likeness (QED) is 0.517. The zero-order valence-electron chi connectivity index (χ0n) is 10.3. The van der Waals surface area contributed by atoms with Crippen LogP contribution in [0, 0.1) is 5.92 Å². The average Bonchev–Trinajstić information content (AvgIpc) is 2.52. The zero-order chi connectivity index (χ0) is 10.9. The van der Waals surface area contributed by atoms with E-state index in [-0.39, 0.29) is 0 Å². The second-order valence-corrected chi connectivity index (χ2v) is 4.94. The Morgan fingerprint density at radius 1 is 1.27 bits per heavy atom.